The van der Waals surface area contributed by atoms with Gasteiger partial charge in [-0.05, 0) is 10.9 Å². The summed E-state index contributed by atoms with van der Waals surface area (Å²) in [5.41, 5.74) is 2.15. The SMILES string of the molecule is OCCOc1c(C=Cc2ccccc2)ccc2ccccc12. The molecule has 0 spiro atoms. The molecule has 22 heavy (non-hydrogen) atoms. The molecule has 110 valence electrons. The number of hydrogen-bond acceptors (Lipinski definition) is 2. The maximum atomic E-state index is 9.06. The van der Waals surface area contributed by atoms with Crippen LogP contribution in [0.5, 0.6) is 5.75 Å². The highest BCUT2D eigenvalue weighted by Gasteiger charge is 2.06. The van der Waals surface area contributed by atoms with Crippen LogP contribution in [0.15, 0.2) is 66.7 Å². The number of fused-ring (bicyclic) bond motifs is 1. The van der Waals surface area contributed by atoms with Gasteiger partial charge in [0.1, 0.15) is 12.4 Å². The van der Waals surface area contributed by atoms with Crippen molar-refractivity contribution in [3.63, 3.8) is 0 Å². The minimum absolute atomic E-state index is 0.00502. The van der Waals surface area contributed by atoms with Crippen molar-refractivity contribution in [2.45, 2.75) is 0 Å². The molecule has 0 unspecified atom stereocenters. The van der Waals surface area contributed by atoms with Gasteiger partial charge in [-0.3, -0.25) is 0 Å². The van der Waals surface area contributed by atoms with Crippen molar-refractivity contribution in [2.75, 3.05) is 13.2 Å². The van der Waals surface area contributed by atoms with Crippen molar-refractivity contribution < 1.29 is 9.84 Å². The zero-order chi connectivity index (χ0) is 15.2. The molecule has 0 radical (unpaired) electrons. The predicted octanol–water partition coefficient (Wildman–Crippen LogP) is 4.38. The molecule has 0 atom stereocenters. The summed E-state index contributed by atoms with van der Waals surface area (Å²) in [6.45, 7) is 0.297. The highest BCUT2D eigenvalue weighted by molar-refractivity contribution is 5.93. The molecule has 0 aliphatic heterocycles. The predicted molar refractivity (Wildman–Crippen MR) is 91.9 cm³/mol. The van der Waals surface area contributed by atoms with E-state index >= 15 is 0 Å². The van der Waals surface area contributed by atoms with Crippen molar-refractivity contribution >= 4 is 22.9 Å². The Hall–Kier alpha value is -2.58. The van der Waals surface area contributed by atoms with Crippen LogP contribution in [0.25, 0.3) is 22.9 Å². The van der Waals surface area contributed by atoms with E-state index in [1.54, 1.807) is 0 Å². The molecule has 2 heteroatoms. The van der Waals surface area contributed by atoms with E-state index in [9.17, 15) is 0 Å². The summed E-state index contributed by atoms with van der Waals surface area (Å²) in [6, 6.07) is 22.4. The minimum Gasteiger partial charge on any atom is -0.490 e. The molecule has 0 aliphatic rings. The summed E-state index contributed by atoms with van der Waals surface area (Å²) in [5, 5.41) is 11.2. The van der Waals surface area contributed by atoms with Gasteiger partial charge >= 0.3 is 0 Å². The molecule has 0 fully saturated rings. The fraction of sp³-hybridized carbons (Fsp3) is 0.100. The summed E-state index contributed by atoms with van der Waals surface area (Å²) < 4.78 is 5.79. The molecule has 3 aromatic carbocycles. The molecule has 0 saturated carbocycles. The normalized spacial score (nSPS) is 11.1. The van der Waals surface area contributed by atoms with Crippen molar-refractivity contribution in [1.29, 1.82) is 0 Å². The van der Waals surface area contributed by atoms with Crippen molar-refractivity contribution in [3.05, 3.63) is 77.9 Å². The molecule has 3 aromatic rings. The van der Waals surface area contributed by atoms with Crippen LogP contribution in [0, 0.1) is 0 Å². The van der Waals surface area contributed by atoms with Crippen molar-refractivity contribution in [3.8, 4) is 5.75 Å². The maximum Gasteiger partial charge on any atom is 0.134 e. The monoisotopic (exact) mass is 290 g/mol. The fourth-order valence-electron chi connectivity index (χ4n) is 2.45. The van der Waals surface area contributed by atoms with E-state index in [0.717, 1.165) is 27.6 Å². The van der Waals surface area contributed by atoms with Gasteiger partial charge in [-0.15, -0.1) is 0 Å². The van der Waals surface area contributed by atoms with Crippen molar-refractivity contribution in [1.82, 2.24) is 0 Å². The third-order valence-corrected chi connectivity index (χ3v) is 3.50. The maximum absolute atomic E-state index is 9.06. The van der Waals surface area contributed by atoms with E-state index in [2.05, 4.69) is 42.5 Å². The first kappa shape index (κ1) is 14.4. The van der Waals surface area contributed by atoms with Gasteiger partial charge in [-0.1, -0.05) is 78.9 Å². The Kier molecular flexibility index (Phi) is 4.52. The van der Waals surface area contributed by atoms with Crippen LogP contribution in [0.1, 0.15) is 11.1 Å². The molecule has 0 saturated heterocycles. The zero-order valence-corrected chi connectivity index (χ0v) is 12.3. The molecular weight excluding hydrogens is 272 g/mol. The topological polar surface area (TPSA) is 29.5 Å². The minimum atomic E-state index is 0.00502. The lowest BCUT2D eigenvalue weighted by molar-refractivity contribution is 0.202. The second kappa shape index (κ2) is 6.92. The van der Waals surface area contributed by atoms with Gasteiger partial charge in [0.05, 0.1) is 6.61 Å². The molecular formula is C20H18O2. The van der Waals surface area contributed by atoms with Crippen LogP contribution >= 0.6 is 0 Å². The van der Waals surface area contributed by atoms with Gasteiger partial charge in [0.15, 0.2) is 0 Å². The molecule has 2 nitrogen and oxygen atoms in total. The van der Waals surface area contributed by atoms with Gasteiger partial charge < -0.3 is 9.84 Å². The molecule has 0 bridgehead atoms. The third-order valence-electron chi connectivity index (χ3n) is 3.50. The first-order valence-corrected chi connectivity index (χ1v) is 7.37. The van der Waals surface area contributed by atoms with Gasteiger partial charge in [0, 0.05) is 10.9 Å². The summed E-state index contributed by atoms with van der Waals surface area (Å²) in [4.78, 5) is 0. The number of aliphatic hydroxyl groups excluding tert-OH is 1. The molecule has 0 aromatic heterocycles. The van der Waals surface area contributed by atoms with E-state index < -0.39 is 0 Å². The smallest absolute Gasteiger partial charge is 0.134 e. The lowest BCUT2D eigenvalue weighted by atomic mass is 10.0. The first-order valence-electron chi connectivity index (χ1n) is 7.37. The summed E-state index contributed by atoms with van der Waals surface area (Å²) >= 11 is 0. The number of hydrogen-bond donors (Lipinski definition) is 1. The summed E-state index contributed by atoms with van der Waals surface area (Å²) in [7, 11) is 0. The third kappa shape index (κ3) is 3.18. The van der Waals surface area contributed by atoms with E-state index in [0.29, 0.717) is 6.61 Å². The second-order valence-corrected chi connectivity index (χ2v) is 5.02. The number of rotatable bonds is 5. The fourth-order valence-corrected chi connectivity index (χ4v) is 2.45. The second-order valence-electron chi connectivity index (χ2n) is 5.02. The van der Waals surface area contributed by atoms with Gasteiger partial charge in [0.2, 0.25) is 0 Å². The van der Waals surface area contributed by atoms with E-state index in [4.69, 9.17) is 9.84 Å². The van der Waals surface area contributed by atoms with Crippen molar-refractivity contribution in [2.24, 2.45) is 0 Å². The lowest BCUT2D eigenvalue weighted by Gasteiger charge is -2.11. The molecule has 0 heterocycles. The number of benzene rings is 3. The van der Waals surface area contributed by atoms with Crippen LogP contribution in [-0.4, -0.2) is 18.3 Å². The zero-order valence-electron chi connectivity index (χ0n) is 12.3. The Bertz CT molecular complexity index is 776. The quantitative estimate of drug-likeness (QED) is 0.707. The van der Waals surface area contributed by atoms with E-state index in [-0.39, 0.29) is 6.61 Å². The molecule has 1 N–H and O–H groups in total. The average Bonchev–Trinajstić information content (AvgIpc) is 2.59. The van der Waals surface area contributed by atoms with E-state index in [1.165, 1.54) is 0 Å². The van der Waals surface area contributed by atoms with Gasteiger partial charge in [0.25, 0.3) is 0 Å². The van der Waals surface area contributed by atoms with Crippen LogP contribution in [-0.2, 0) is 0 Å². The standard InChI is InChI=1S/C20H18O2/c21-14-15-22-20-18(11-10-16-6-2-1-3-7-16)13-12-17-8-4-5-9-19(17)20/h1-13,21H,14-15H2. The highest BCUT2D eigenvalue weighted by Crippen LogP contribution is 2.31. The average molecular weight is 290 g/mol. The Labute approximate surface area is 130 Å². The first-order chi connectivity index (χ1) is 10.9. The van der Waals surface area contributed by atoms with Crippen LogP contribution in [0.4, 0.5) is 0 Å². The largest absolute Gasteiger partial charge is 0.490 e. The summed E-state index contributed by atoms with van der Waals surface area (Å²) in [6.07, 6.45) is 4.12. The Balaban J connectivity index is 2.02. The molecule has 0 aliphatic carbocycles. The Morgan fingerprint density at radius 3 is 2.41 bits per heavy atom. The van der Waals surface area contributed by atoms with Crippen LogP contribution < -0.4 is 4.74 Å². The molecule has 3 rings (SSSR count). The number of ether oxygens (including phenoxy) is 1. The van der Waals surface area contributed by atoms with Gasteiger partial charge in [-0.2, -0.15) is 0 Å². The number of aliphatic hydroxyl groups is 1. The van der Waals surface area contributed by atoms with Crippen LogP contribution in [0.2, 0.25) is 0 Å². The Morgan fingerprint density at radius 2 is 1.59 bits per heavy atom. The summed E-state index contributed by atoms with van der Waals surface area (Å²) in [5.74, 6) is 0.819. The molecule has 0 amide bonds. The van der Waals surface area contributed by atoms with Crippen LogP contribution in [0.3, 0.4) is 0 Å². The lowest BCUT2D eigenvalue weighted by Crippen LogP contribution is -2.03. The van der Waals surface area contributed by atoms with Gasteiger partial charge in [-0.25, -0.2) is 0 Å². The van der Waals surface area contributed by atoms with E-state index in [1.807, 2.05) is 36.4 Å². The Morgan fingerprint density at radius 1 is 0.818 bits per heavy atom. The highest BCUT2D eigenvalue weighted by atomic mass is 16.5.